The topological polar surface area (TPSA) is 49.8 Å². The van der Waals surface area contributed by atoms with Crippen LogP contribution >= 0.6 is 11.3 Å². The largest absolute Gasteiger partial charge is 0.369 e. The molecule has 5 heteroatoms. The molecule has 96 valence electrons. The number of rotatable bonds is 6. The van der Waals surface area contributed by atoms with Gasteiger partial charge in [0.1, 0.15) is 11.5 Å². The molecule has 0 radical (unpaired) electrons. The zero-order chi connectivity index (χ0) is 12.8. The van der Waals surface area contributed by atoms with Crippen molar-refractivity contribution < 1.29 is 0 Å². The molecule has 0 aliphatic rings. The van der Waals surface area contributed by atoms with Crippen molar-refractivity contribution in [3.63, 3.8) is 0 Å². The number of aryl methyl sites for hydroxylation is 1. The van der Waals surface area contributed by atoms with Crippen LogP contribution in [0, 0.1) is 6.92 Å². The molecule has 0 aromatic carbocycles. The van der Waals surface area contributed by atoms with Crippen molar-refractivity contribution in [3.8, 4) is 10.6 Å². The minimum absolute atomic E-state index is 0.837. The van der Waals surface area contributed by atoms with Crippen LogP contribution in [0.1, 0.15) is 12.0 Å². The van der Waals surface area contributed by atoms with Crippen molar-refractivity contribution in [2.45, 2.75) is 13.3 Å². The third kappa shape index (κ3) is 3.27. The summed E-state index contributed by atoms with van der Waals surface area (Å²) in [5, 5.41) is 16.9. The van der Waals surface area contributed by atoms with Gasteiger partial charge < -0.3 is 10.6 Å². The molecule has 2 rings (SSSR count). The van der Waals surface area contributed by atoms with Gasteiger partial charge in [-0.1, -0.05) is 0 Å². The molecule has 2 N–H and O–H groups in total. The highest BCUT2D eigenvalue weighted by atomic mass is 32.1. The summed E-state index contributed by atoms with van der Waals surface area (Å²) in [6.45, 7) is 4.01. The van der Waals surface area contributed by atoms with Crippen molar-refractivity contribution >= 4 is 17.2 Å². The Morgan fingerprint density at radius 2 is 2.06 bits per heavy atom. The minimum atomic E-state index is 0.837. The van der Waals surface area contributed by atoms with Gasteiger partial charge in [0.2, 0.25) is 0 Å². The fraction of sp³-hybridized carbons (Fsp3) is 0.385. The Morgan fingerprint density at radius 1 is 1.17 bits per heavy atom. The third-order valence-corrected chi connectivity index (χ3v) is 3.71. The highest BCUT2D eigenvalue weighted by molar-refractivity contribution is 7.13. The standard InChI is InChI=1S/C13H18N4S/c1-10-6-9-18-13(10)11-4-5-12(17-16-11)15-8-3-7-14-2/h4-6,9,14H,3,7-8H2,1-2H3,(H,15,17). The molecule has 2 aromatic rings. The molecule has 4 nitrogen and oxygen atoms in total. The summed E-state index contributed by atoms with van der Waals surface area (Å²) in [5.41, 5.74) is 2.20. The van der Waals surface area contributed by atoms with Crippen molar-refractivity contribution in [2.75, 3.05) is 25.5 Å². The summed E-state index contributed by atoms with van der Waals surface area (Å²) < 4.78 is 0. The van der Waals surface area contributed by atoms with E-state index in [1.54, 1.807) is 11.3 Å². The SMILES string of the molecule is CNCCCNc1ccc(-c2sccc2C)nn1. The molecule has 0 fully saturated rings. The van der Waals surface area contributed by atoms with Gasteiger partial charge in [0.05, 0.1) is 4.88 Å². The van der Waals surface area contributed by atoms with E-state index in [1.165, 1.54) is 10.4 Å². The number of anilines is 1. The summed E-state index contributed by atoms with van der Waals surface area (Å²) in [6.07, 6.45) is 1.07. The van der Waals surface area contributed by atoms with Crippen LogP contribution in [0.2, 0.25) is 0 Å². The van der Waals surface area contributed by atoms with E-state index in [-0.39, 0.29) is 0 Å². The molecule has 0 aliphatic carbocycles. The van der Waals surface area contributed by atoms with E-state index in [4.69, 9.17) is 0 Å². The molecule has 0 atom stereocenters. The average Bonchev–Trinajstić information content (AvgIpc) is 2.82. The van der Waals surface area contributed by atoms with E-state index in [0.717, 1.165) is 31.0 Å². The van der Waals surface area contributed by atoms with E-state index in [0.29, 0.717) is 0 Å². The van der Waals surface area contributed by atoms with E-state index in [9.17, 15) is 0 Å². The Kier molecular flexibility index (Phi) is 4.66. The maximum absolute atomic E-state index is 4.26. The zero-order valence-corrected chi connectivity index (χ0v) is 11.5. The molecule has 0 bridgehead atoms. The van der Waals surface area contributed by atoms with Crippen LogP contribution in [-0.4, -0.2) is 30.3 Å². The Morgan fingerprint density at radius 3 is 2.67 bits per heavy atom. The first-order valence-electron chi connectivity index (χ1n) is 6.08. The van der Waals surface area contributed by atoms with Crippen LogP contribution in [0.3, 0.4) is 0 Å². The van der Waals surface area contributed by atoms with Crippen molar-refractivity contribution in [2.24, 2.45) is 0 Å². The first-order chi connectivity index (χ1) is 8.81. The second kappa shape index (κ2) is 6.47. The highest BCUT2D eigenvalue weighted by Gasteiger charge is 2.05. The number of hydrogen-bond donors (Lipinski definition) is 2. The summed E-state index contributed by atoms with van der Waals surface area (Å²) in [5.74, 6) is 0.837. The molecule has 2 heterocycles. The normalized spacial score (nSPS) is 10.6. The number of nitrogens with zero attached hydrogens (tertiary/aromatic N) is 2. The lowest BCUT2D eigenvalue weighted by molar-refractivity contribution is 0.746. The number of nitrogens with one attached hydrogen (secondary N) is 2. The van der Waals surface area contributed by atoms with E-state index < -0.39 is 0 Å². The number of hydrogen-bond acceptors (Lipinski definition) is 5. The first kappa shape index (κ1) is 13.0. The van der Waals surface area contributed by atoms with Gasteiger partial charge in [-0.15, -0.1) is 21.5 Å². The fourth-order valence-corrected chi connectivity index (χ4v) is 2.56. The van der Waals surface area contributed by atoms with Crippen LogP contribution in [0.5, 0.6) is 0 Å². The summed E-state index contributed by atoms with van der Waals surface area (Å²) in [6, 6.07) is 6.11. The number of aromatic nitrogens is 2. The lowest BCUT2D eigenvalue weighted by Crippen LogP contribution is -2.13. The van der Waals surface area contributed by atoms with Gasteiger partial charge in [-0.2, -0.15) is 0 Å². The van der Waals surface area contributed by atoms with Crippen molar-refractivity contribution in [1.29, 1.82) is 0 Å². The van der Waals surface area contributed by atoms with Crippen LogP contribution < -0.4 is 10.6 Å². The maximum atomic E-state index is 4.26. The molecule has 0 spiro atoms. The Balaban J connectivity index is 1.96. The van der Waals surface area contributed by atoms with E-state index in [2.05, 4.69) is 39.2 Å². The molecule has 0 saturated heterocycles. The highest BCUT2D eigenvalue weighted by Crippen LogP contribution is 2.26. The predicted octanol–water partition coefficient (Wildman–Crippen LogP) is 2.53. The molecular formula is C13H18N4S. The lowest BCUT2D eigenvalue weighted by Gasteiger charge is -2.05. The van der Waals surface area contributed by atoms with Gasteiger partial charge in [0.15, 0.2) is 0 Å². The molecule has 0 amide bonds. The summed E-state index contributed by atoms with van der Waals surface area (Å²) >= 11 is 1.70. The molecule has 0 saturated carbocycles. The number of thiophene rings is 1. The van der Waals surface area contributed by atoms with E-state index >= 15 is 0 Å². The van der Waals surface area contributed by atoms with Crippen molar-refractivity contribution in [3.05, 3.63) is 29.1 Å². The predicted molar refractivity (Wildman–Crippen MR) is 77.1 cm³/mol. The van der Waals surface area contributed by atoms with Gasteiger partial charge in [-0.3, -0.25) is 0 Å². The average molecular weight is 262 g/mol. The van der Waals surface area contributed by atoms with Crippen LogP contribution in [0.25, 0.3) is 10.6 Å². The molecule has 0 aliphatic heterocycles. The Hall–Kier alpha value is -1.46. The summed E-state index contributed by atoms with van der Waals surface area (Å²) in [7, 11) is 1.96. The van der Waals surface area contributed by atoms with Gasteiger partial charge in [-0.05, 0) is 56.1 Å². The fourth-order valence-electron chi connectivity index (χ4n) is 1.66. The molecule has 2 aromatic heterocycles. The second-order valence-electron chi connectivity index (χ2n) is 4.12. The first-order valence-corrected chi connectivity index (χ1v) is 6.96. The van der Waals surface area contributed by atoms with Gasteiger partial charge in [0.25, 0.3) is 0 Å². The van der Waals surface area contributed by atoms with Crippen LogP contribution in [0.4, 0.5) is 5.82 Å². The van der Waals surface area contributed by atoms with Gasteiger partial charge >= 0.3 is 0 Å². The second-order valence-corrected chi connectivity index (χ2v) is 5.04. The lowest BCUT2D eigenvalue weighted by atomic mass is 10.2. The summed E-state index contributed by atoms with van der Waals surface area (Å²) in [4.78, 5) is 1.20. The van der Waals surface area contributed by atoms with Gasteiger partial charge in [0, 0.05) is 6.54 Å². The van der Waals surface area contributed by atoms with Crippen LogP contribution in [-0.2, 0) is 0 Å². The van der Waals surface area contributed by atoms with Crippen LogP contribution in [0.15, 0.2) is 23.6 Å². The molecule has 18 heavy (non-hydrogen) atoms. The Bertz CT molecular complexity index is 478. The quantitative estimate of drug-likeness (QED) is 0.785. The Labute approximate surface area is 111 Å². The monoisotopic (exact) mass is 262 g/mol. The van der Waals surface area contributed by atoms with Crippen molar-refractivity contribution in [1.82, 2.24) is 15.5 Å². The smallest absolute Gasteiger partial charge is 0.148 e. The zero-order valence-electron chi connectivity index (χ0n) is 10.7. The third-order valence-electron chi connectivity index (χ3n) is 2.67. The minimum Gasteiger partial charge on any atom is -0.369 e. The molecular weight excluding hydrogens is 244 g/mol. The van der Waals surface area contributed by atoms with Gasteiger partial charge in [-0.25, -0.2) is 0 Å². The molecule has 0 unspecified atom stereocenters. The maximum Gasteiger partial charge on any atom is 0.148 e. The van der Waals surface area contributed by atoms with E-state index in [1.807, 2.05) is 19.2 Å².